The number of anilines is 1. The summed E-state index contributed by atoms with van der Waals surface area (Å²) in [5.74, 6) is 2.55. The highest BCUT2D eigenvalue weighted by Crippen LogP contribution is 2.26. The van der Waals surface area contributed by atoms with Gasteiger partial charge in [0.1, 0.15) is 18.2 Å². The number of rotatable bonds is 5. The summed E-state index contributed by atoms with van der Waals surface area (Å²) in [6.07, 6.45) is 0. The molecule has 0 amide bonds. The number of thiophene rings is 1. The van der Waals surface area contributed by atoms with E-state index in [0.717, 1.165) is 21.9 Å². The molecular weight excluding hydrogens is 278 g/mol. The van der Waals surface area contributed by atoms with Crippen LogP contribution in [-0.2, 0) is 17.9 Å². The number of hydrogen-bond donors (Lipinski definition) is 1. The SMILES string of the molecule is COCc1nc(CNc2nc(C)nc3ccsc23)no1. The van der Waals surface area contributed by atoms with Crippen molar-refractivity contribution in [3.05, 3.63) is 29.0 Å². The summed E-state index contributed by atoms with van der Waals surface area (Å²) in [4.78, 5) is 13.0. The number of fused-ring (bicyclic) bond motifs is 1. The van der Waals surface area contributed by atoms with Gasteiger partial charge in [0.05, 0.1) is 16.8 Å². The van der Waals surface area contributed by atoms with Crippen molar-refractivity contribution in [2.75, 3.05) is 12.4 Å². The van der Waals surface area contributed by atoms with Gasteiger partial charge in [0, 0.05) is 7.11 Å². The minimum Gasteiger partial charge on any atom is -0.375 e. The zero-order valence-electron chi connectivity index (χ0n) is 11.1. The number of methoxy groups -OCH3 is 1. The molecule has 0 aliphatic heterocycles. The topological polar surface area (TPSA) is 86.0 Å². The van der Waals surface area contributed by atoms with E-state index in [1.807, 2.05) is 18.4 Å². The zero-order valence-corrected chi connectivity index (χ0v) is 11.9. The Hall–Kier alpha value is -2.06. The van der Waals surface area contributed by atoms with E-state index < -0.39 is 0 Å². The standard InChI is InChI=1S/C12H13N5O2S/c1-7-14-8-3-4-20-11(8)12(15-7)13-5-9-16-10(6-18-2)19-17-9/h3-4H,5-6H2,1-2H3,(H,13,14,15). The van der Waals surface area contributed by atoms with Crippen LogP contribution < -0.4 is 5.32 Å². The van der Waals surface area contributed by atoms with Gasteiger partial charge in [0.2, 0.25) is 0 Å². The molecule has 0 fully saturated rings. The van der Waals surface area contributed by atoms with Crippen LogP contribution in [0, 0.1) is 6.92 Å². The summed E-state index contributed by atoms with van der Waals surface area (Å²) in [5.41, 5.74) is 0.943. The quantitative estimate of drug-likeness (QED) is 0.770. The maximum atomic E-state index is 5.03. The maximum absolute atomic E-state index is 5.03. The molecule has 0 aromatic carbocycles. The summed E-state index contributed by atoms with van der Waals surface area (Å²) in [6, 6.07) is 1.98. The van der Waals surface area contributed by atoms with Crippen LogP contribution >= 0.6 is 11.3 Å². The second-order valence-corrected chi connectivity index (χ2v) is 5.06. The fourth-order valence-corrected chi connectivity index (χ4v) is 2.60. The minimum absolute atomic E-state index is 0.314. The number of nitrogens with one attached hydrogen (secondary N) is 1. The molecule has 1 N–H and O–H groups in total. The average molecular weight is 291 g/mol. The van der Waals surface area contributed by atoms with E-state index in [4.69, 9.17) is 9.26 Å². The van der Waals surface area contributed by atoms with E-state index in [2.05, 4.69) is 25.4 Å². The summed E-state index contributed by atoms with van der Waals surface area (Å²) in [7, 11) is 1.58. The smallest absolute Gasteiger partial charge is 0.252 e. The van der Waals surface area contributed by atoms with Crippen LogP contribution in [0.1, 0.15) is 17.5 Å². The van der Waals surface area contributed by atoms with Crippen molar-refractivity contribution < 1.29 is 9.26 Å². The molecule has 3 heterocycles. The van der Waals surface area contributed by atoms with Crippen molar-refractivity contribution in [1.29, 1.82) is 0 Å². The molecule has 0 bridgehead atoms. The number of ether oxygens (including phenoxy) is 1. The molecule has 0 saturated heterocycles. The minimum atomic E-state index is 0.314. The van der Waals surface area contributed by atoms with Gasteiger partial charge in [-0.1, -0.05) is 5.16 Å². The van der Waals surface area contributed by atoms with Gasteiger partial charge in [0.25, 0.3) is 5.89 Å². The third kappa shape index (κ3) is 2.61. The Kier molecular flexibility index (Phi) is 3.57. The predicted octanol–water partition coefficient (Wildman–Crippen LogP) is 2.14. The van der Waals surface area contributed by atoms with E-state index in [1.165, 1.54) is 0 Å². The van der Waals surface area contributed by atoms with E-state index >= 15 is 0 Å². The fourth-order valence-electron chi connectivity index (χ4n) is 1.81. The summed E-state index contributed by atoms with van der Waals surface area (Å²) < 4.78 is 11.0. The van der Waals surface area contributed by atoms with Crippen LogP contribution in [0.15, 0.2) is 16.0 Å². The molecule has 0 spiro atoms. The largest absolute Gasteiger partial charge is 0.375 e. The highest BCUT2D eigenvalue weighted by Gasteiger charge is 2.09. The highest BCUT2D eigenvalue weighted by molar-refractivity contribution is 7.17. The lowest BCUT2D eigenvalue weighted by Crippen LogP contribution is -2.04. The Morgan fingerprint density at radius 3 is 3.10 bits per heavy atom. The number of hydrogen-bond acceptors (Lipinski definition) is 8. The van der Waals surface area contributed by atoms with Gasteiger partial charge in [-0.05, 0) is 18.4 Å². The Morgan fingerprint density at radius 2 is 2.25 bits per heavy atom. The van der Waals surface area contributed by atoms with Gasteiger partial charge >= 0.3 is 0 Å². The van der Waals surface area contributed by atoms with Gasteiger partial charge in [-0.2, -0.15) is 4.98 Å². The molecule has 8 heteroatoms. The lowest BCUT2D eigenvalue weighted by atomic mass is 10.4. The van der Waals surface area contributed by atoms with Crippen molar-refractivity contribution >= 4 is 27.4 Å². The van der Waals surface area contributed by atoms with Crippen molar-refractivity contribution in [3.63, 3.8) is 0 Å². The maximum Gasteiger partial charge on any atom is 0.252 e. The van der Waals surface area contributed by atoms with Crippen LogP contribution in [0.3, 0.4) is 0 Å². The van der Waals surface area contributed by atoms with Gasteiger partial charge in [-0.3, -0.25) is 0 Å². The van der Waals surface area contributed by atoms with E-state index in [1.54, 1.807) is 18.4 Å². The van der Waals surface area contributed by atoms with Gasteiger partial charge in [-0.25, -0.2) is 9.97 Å². The molecular formula is C12H13N5O2S. The Bertz CT molecular complexity index is 724. The average Bonchev–Trinajstić information content (AvgIpc) is 3.05. The Morgan fingerprint density at radius 1 is 1.35 bits per heavy atom. The lowest BCUT2D eigenvalue weighted by Gasteiger charge is -2.04. The number of aryl methyl sites for hydroxylation is 1. The molecule has 0 radical (unpaired) electrons. The molecule has 7 nitrogen and oxygen atoms in total. The van der Waals surface area contributed by atoms with E-state index in [0.29, 0.717) is 24.9 Å². The molecule has 3 rings (SSSR count). The lowest BCUT2D eigenvalue weighted by molar-refractivity contribution is 0.151. The molecule has 0 aliphatic carbocycles. The summed E-state index contributed by atoms with van der Waals surface area (Å²) >= 11 is 1.60. The first kappa shape index (κ1) is 12.9. The van der Waals surface area contributed by atoms with Crippen LogP contribution in [0.5, 0.6) is 0 Å². The van der Waals surface area contributed by atoms with Crippen LogP contribution in [-0.4, -0.2) is 27.2 Å². The second-order valence-electron chi connectivity index (χ2n) is 4.15. The van der Waals surface area contributed by atoms with E-state index in [-0.39, 0.29) is 0 Å². The van der Waals surface area contributed by atoms with Crippen molar-refractivity contribution in [2.24, 2.45) is 0 Å². The monoisotopic (exact) mass is 291 g/mol. The molecule has 0 atom stereocenters. The molecule has 0 saturated carbocycles. The van der Waals surface area contributed by atoms with Crippen LogP contribution in [0.2, 0.25) is 0 Å². The molecule has 0 aliphatic rings. The van der Waals surface area contributed by atoms with Crippen LogP contribution in [0.25, 0.3) is 10.2 Å². The first-order valence-electron chi connectivity index (χ1n) is 6.02. The molecule has 0 unspecified atom stereocenters. The van der Waals surface area contributed by atoms with Crippen molar-refractivity contribution in [1.82, 2.24) is 20.1 Å². The fraction of sp³-hybridized carbons (Fsp3) is 0.333. The van der Waals surface area contributed by atoms with Gasteiger partial charge < -0.3 is 14.6 Å². The van der Waals surface area contributed by atoms with Gasteiger partial charge in [-0.15, -0.1) is 11.3 Å². The molecule has 20 heavy (non-hydrogen) atoms. The zero-order chi connectivity index (χ0) is 13.9. The molecule has 3 aromatic heterocycles. The van der Waals surface area contributed by atoms with Crippen molar-refractivity contribution in [3.8, 4) is 0 Å². The predicted molar refractivity (Wildman–Crippen MR) is 74.5 cm³/mol. The Labute approximate surface area is 119 Å². The normalized spacial score (nSPS) is 11.1. The van der Waals surface area contributed by atoms with Crippen molar-refractivity contribution in [2.45, 2.75) is 20.1 Å². The Balaban J connectivity index is 1.77. The third-order valence-electron chi connectivity index (χ3n) is 2.61. The summed E-state index contributed by atoms with van der Waals surface area (Å²) in [5, 5.41) is 9.09. The third-order valence-corrected chi connectivity index (χ3v) is 3.52. The van der Waals surface area contributed by atoms with Crippen LogP contribution in [0.4, 0.5) is 5.82 Å². The highest BCUT2D eigenvalue weighted by atomic mass is 32.1. The first-order valence-corrected chi connectivity index (χ1v) is 6.90. The molecule has 3 aromatic rings. The number of aromatic nitrogens is 4. The van der Waals surface area contributed by atoms with E-state index in [9.17, 15) is 0 Å². The molecule has 104 valence electrons. The summed E-state index contributed by atoms with van der Waals surface area (Å²) in [6.45, 7) is 2.62. The van der Waals surface area contributed by atoms with Gasteiger partial charge in [0.15, 0.2) is 5.82 Å². The first-order chi connectivity index (χ1) is 9.76. The second kappa shape index (κ2) is 5.51. The number of nitrogens with zero attached hydrogens (tertiary/aromatic N) is 4.